The number of sulfonamides is 1. The van der Waals surface area contributed by atoms with Gasteiger partial charge < -0.3 is 10.1 Å². The number of methoxy groups -OCH3 is 1. The van der Waals surface area contributed by atoms with Crippen LogP contribution in [0.4, 0.5) is 20.2 Å². The monoisotopic (exact) mass is 398 g/mol. The number of nitrogens with zero attached hydrogens (tertiary/aromatic N) is 1. The van der Waals surface area contributed by atoms with Crippen LogP contribution >= 0.6 is 0 Å². The maximum atomic E-state index is 13.4. The molecule has 0 saturated carbocycles. The summed E-state index contributed by atoms with van der Waals surface area (Å²) in [6.45, 7) is 1.65. The molecule has 0 fully saturated rings. The number of ether oxygens (including phenoxy) is 1. The van der Waals surface area contributed by atoms with Crippen molar-refractivity contribution < 1.29 is 26.7 Å². The maximum absolute atomic E-state index is 13.4. The Balaban J connectivity index is 2.39. The molecule has 2 rings (SSSR count). The number of carbonyl (C=O) groups excluding carboxylic acids is 1. The van der Waals surface area contributed by atoms with E-state index < -0.39 is 33.6 Å². The molecular formula is C18H20F2N2O4S. The highest BCUT2D eigenvalue weighted by atomic mass is 32.2. The summed E-state index contributed by atoms with van der Waals surface area (Å²) in [5, 5.41) is 2.43. The number of amides is 1. The first-order chi connectivity index (χ1) is 12.7. The van der Waals surface area contributed by atoms with E-state index in [9.17, 15) is 22.0 Å². The molecule has 1 amide bonds. The van der Waals surface area contributed by atoms with Gasteiger partial charge in [-0.15, -0.1) is 0 Å². The fourth-order valence-electron chi connectivity index (χ4n) is 2.61. The number of hydrogen-bond acceptors (Lipinski definition) is 4. The van der Waals surface area contributed by atoms with Crippen LogP contribution in [0.15, 0.2) is 42.5 Å². The predicted molar refractivity (Wildman–Crippen MR) is 99.4 cm³/mol. The maximum Gasteiger partial charge on any atom is 0.248 e. The Bertz CT molecular complexity index is 935. The summed E-state index contributed by atoms with van der Waals surface area (Å²) in [5.41, 5.74) is 0.278. The molecule has 0 aromatic heterocycles. The molecule has 0 bridgehead atoms. The first kappa shape index (κ1) is 20.6. The summed E-state index contributed by atoms with van der Waals surface area (Å²) in [6, 6.07) is 8.09. The fourth-order valence-corrected chi connectivity index (χ4v) is 3.81. The van der Waals surface area contributed by atoms with E-state index in [2.05, 4.69) is 5.32 Å². The SMILES string of the molecule is CC[C@@H](C(=O)Nc1ccc(F)c(F)c1)N(c1cccc(OC)c1)S(C)(=O)=O. The van der Waals surface area contributed by atoms with Crippen molar-refractivity contribution >= 4 is 27.3 Å². The van der Waals surface area contributed by atoms with Gasteiger partial charge in [0.15, 0.2) is 11.6 Å². The van der Waals surface area contributed by atoms with Crippen LogP contribution < -0.4 is 14.4 Å². The largest absolute Gasteiger partial charge is 0.497 e. The van der Waals surface area contributed by atoms with E-state index in [1.807, 2.05) is 0 Å². The first-order valence-electron chi connectivity index (χ1n) is 8.06. The minimum Gasteiger partial charge on any atom is -0.497 e. The number of anilines is 2. The minimum atomic E-state index is -3.82. The van der Waals surface area contributed by atoms with Gasteiger partial charge in [0.1, 0.15) is 11.8 Å². The molecular weight excluding hydrogens is 378 g/mol. The van der Waals surface area contributed by atoms with E-state index in [1.54, 1.807) is 19.1 Å². The van der Waals surface area contributed by atoms with Crippen LogP contribution in [0.1, 0.15) is 13.3 Å². The number of rotatable bonds is 7. The molecule has 0 aliphatic heterocycles. The van der Waals surface area contributed by atoms with Crippen molar-refractivity contribution in [1.29, 1.82) is 0 Å². The summed E-state index contributed by atoms with van der Waals surface area (Å²) in [5.74, 6) is -2.41. The summed E-state index contributed by atoms with van der Waals surface area (Å²) >= 11 is 0. The molecule has 0 saturated heterocycles. The van der Waals surface area contributed by atoms with Crippen molar-refractivity contribution in [2.45, 2.75) is 19.4 Å². The molecule has 1 N–H and O–H groups in total. The Kier molecular flexibility index (Phi) is 6.37. The molecule has 0 radical (unpaired) electrons. The molecule has 0 heterocycles. The normalized spacial score (nSPS) is 12.3. The number of hydrogen-bond donors (Lipinski definition) is 1. The van der Waals surface area contributed by atoms with Crippen molar-refractivity contribution in [3.8, 4) is 5.75 Å². The number of halogens is 2. The third kappa shape index (κ3) is 4.94. The topological polar surface area (TPSA) is 75.7 Å². The molecule has 6 nitrogen and oxygen atoms in total. The second-order valence-corrected chi connectivity index (χ2v) is 7.66. The average Bonchev–Trinajstić information content (AvgIpc) is 2.61. The number of benzene rings is 2. The second kappa shape index (κ2) is 8.34. The van der Waals surface area contributed by atoms with Crippen molar-refractivity contribution in [2.24, 2.45) is 0 Å². The third-order valence-electron chi connectivity index (χ3n) is 3.82. The van der Waals surface area contributed by atoms with Crippen LogP contribution in [-0.4, -0.2) is 33.7 Å². The van der Waals surface area contributed by atoms with Crippen LogP contribution in [0.2, 0.25) is 0 Å². The van der Waals surface area contributed by atoms with Gasteiger partial charge in [0.05, 0.1) is 19.1 Å². The predicted octanol–water partition coefficient (Wildman–Crippen LogP) is 3.16. The highest BCUT2D eigenvalue weighted by Gasteiger charge is 2.31. The molecule has 1 atom stereocenters. The molecule has 2 aromatic rings. The average molecular weight is 398 g/mol. The second-order valence-electron chi connectivity index (χ2n) is 5.80. The van der Waals surface area contributed by atoms with E-state index in [0.717, 1.165) is 22.7 Å². The summed E-state index contributed by atoms with van der Waals surface area (Å²) in [6.07, 6.45) is 1.14. The van der Waals surface area contributed by atoms with Gasteiger partial charge in [-0.1, -0.05) is 13.0 Å². The highest BCUT2D eigenvalue weighted by Crippen LogP contribution is 2.27. The van der Waals surface area contributed by atoms with Gasteiger partial charge in [0.2, 0.25) is 15.9 Å². The summed E-state index contributed by atoms with van der Waals surface area (Å²) in [4.78, 5) is 12.7. The van der Waals surface area contributed by atoms with Gasteiger partial charge in [-0.25, -0.2) is 17.2 Å². The first-order valence-corrected chi connectivity index (χ1v) is 9.91. The summed E-state index contributed by atoms with van der Waals surface area (Å²) in [7, 11) is -2.38. The zero-order valence-corrected chi connectivity index (χ0v) is 15.9. The molecule has 27 heavy (non-hydrogen) atoms. The van der Waals surface area contributed by atoms with Crippen molar-refractivity contribution in [1.82, 2.24) is 0 Å². The zero-order chi connectivity index (χ0) is 20.2. The van der Waals surface area contributed by atoms with Gasteiger partial charge in [0.25, 0.3) is 0 Å². The third-order valence-corrected chi connectivity index (χ3v) is 5.00. The van der Waals surface area contributed by atoms with E-state index in [-0.39, 0.29) is 17.8 Å². The van der Waals surface area contributed by atoms with Crippen molar-refractivity contribution in [3.05, 3.63) is 54.1 Å². The lowest BCUT2D eigenvalue weighted by Crippen LogP contribution is -2.47. The lowest BCUT2D eigenvalue weighted by atomic mass is 10.1. The van der Waals surface area contributed by atoms with Gasteiger partial charge in [-0.2, -0.15) is 0 Å². The molecule has 146 valence electrons. The Morgan fingerprint density at radius 2 is 1.89 bits per heavy atom. The molecule has 2 aromatic carbocycles. The number of carbonyl (C=O) groups is 1. The van der Waals surface area contributed by atoms with Crippen molar-refractivity contribution in [3.63, 3.8) is 0 Å². The Hall–Kier alpha value is -2.68. The molecule has 0 unspecified atom stereocenters. The van der Waals surface area contributed by atoms with Crippen LogP contribution in [-0.2, 0) is 14.8 Å². The Morgan fingerprint density at radius 3 is 2.44 bits per heavy atom. The highest BCUT2D eigenvalue weighted by molar-refractivity contribution is 7.92. The van der Waals surface area contributed by atoms with E-state index in [4.69, 9.17) is 4.74 Å². The molecule has 0 spiro atoms. The summed E-state index contributed by atoms with van der Waals surface area (Å²) < 4.78 is 57.3. The van der Waals surface area contributed by atoms with Gasteiger partial charge >= 0.3 is 0 Å². The minimum absolute atomic E-state index is 0.0245. The van der Waals surface area contributed by atoms with E-state index >= 15 is 0 Å². The van der Waals surface area contributed by atoms with Crippen LogP contribution in [0.5, 0.6) is 5.75 Å². The van der Waals surface area contributed by atoms with Gasteiger partial charge in [0, 0.05) is 17.8 Å². The zero-order valence-electron chi connectivity index (χ0n) is 15.1. The van der Waals surface area contributed by atoms with E-state index in [0.29, 0.717) is 5.75 Å². The van der Waals surface area contributed by atoms with Gasteiger partial charge in [-0.05, 0) is 30.7 Å². The molecule has 0 aliphatic carbocycles. The van der Waals surface area contributed by atoms with Crippen LogP contribution in [0.3, 0.4) is 0 Å². The standard InChI is InChI=1S/C18H20F2N2O4S/c1-4-17(18(23)21-12-8-9-15(19)16(20)10-12)22(27(3,24)25)13-6-5-7-14(11-13)26-2/h5-11,17H,4H2,1-3H3,(H,21,23)/t17-/m0/s1. The smallest absolute Gasteiger partial charge is 0.248 e. The van der Waals surface area contributed by atoms with Gasteiger partial charge in [-0.3, -0.25) is 9.10 Å². The number of nitrogens with one attached hydrogen (secondary N) is 1. The van der Waals surface area contributed by atoms with E-state index in [1.165, 1.54) is 25.3 Å². The molecule has 9 heteroatoms. The Labute approximate surface area is 156 Å². The fraction of sp³-hybridized carbons (Fsp3) is 0.278. The molecule has 0 aliphatic rings. The van der Waals surface area contributed by atoms with Crippen LogP contribution in [0.25, 0.3) is 0 Å². The quantitative estimate of drug-likeness (QED) is 0.777. The van der Waals surface area contributed by atoms with Crippen molar-refractivity contribution in [2.75, 3.05) is 23.0 Å². The lowest BCUT2D eigenvalue weighted by Gasteiger charge is -2.30. The lowest BCUT2D eigenvalue weighted by molar-refractivity contribution is -0.117. The Morgan fingerprint density at radius 1 is 1.19 bits per heavy atom. The van der Waals surface area contributed by atoms with Crippen LogP contribution in [0, 0.1) is 11.6 Å².